The van der Waals surface area contributed by atoms with E-state index in [4.69, 9.17) is 4.74 Å². The molecule has 1 aromatic carbocycles. The minimum Gasteiger partial charge on any atom is -0.490 e. The molecular formula is C11H10NOS. The number of hydrogen-bond acceptors (Lipinski definition) is 3. The Hall–Kier alpha value is -1.35. The van der Waals surface area contributed by atoms with Crippen LogP contribution in [0.1, 0.15) is 6.92 Å². The molecule has 2 rings (SSSR count). The van der Waals surface area contributed by atoms with E-state index < -0.39 is 0 Å². The summed E-state index contributed by atoms with van der Waals surface area (Å²) in [5.74, 6) is 0.753. The van der Waals surface area contributed by atoms with E-state index in [0.717, 1.165) is 16.2 Å². The highest BCUT2D eigenvalue weighted by atomic mass is 32.1. The van der Waals surface area contributed by atoms with Crippen molar-refractivity contribution in [2.24, 2.45) is 0 Å². The molecule has 0 unspecified atom stereocenters. The zero-order valence-corrected chi connectivity index (χ0v) is 8.67. The molecule has 0 saturated carbocycles. The van der Waals surface area contributed by atoms with E-state index in [-0.39, 0.29) is 0 Å². The molecular weight excluding hydrogens is 194 g/mol. The lowest BCUT2D eigenvalue weighted by molar-refractivity contribution is 0.341. The summed E-state index contributed by atoms with van der Waals surface area (Å²) in [6.07, 6.45) is 2.85. The predicted molar refractivity (Wildman–Crippen MR) is 57.6 cm³/mol. The molecule has 2 nitrogen and oxygen atoms in total. The van der Waals surface area contributed by atoms with Gasteiger partial charge in [0.15, 0.2) is 5.75 Å². The van der Waals surface area contributed by atoms with Gasteiger partial charge in [-0.1, -0.05) is 30.3 Å². The first kappa shape index (κ1) is 9.21. The van der Waals surface area contributed by atoms with Crippen LogP contribution in [0.25, 0.3) is 10.4 Å². The van der Waals surface area contributed by atoms with E-state index >= 15 is 0 Å². The molecule has 0 bridgehead atoms. The van der Waals surface area contributed by atoms with Gasteiger partial charge in [0.1, 0.15) is 6.20 Å². The normalized spacial score (nSPS) is 10.1. The monoisotopic (exact) mass is 204 g/mol. The molecule has 1 radical (unpaired) electrons. The van der Waals surface area contributed by atoms with E-state index in [9.17, 15) is 0 Å². The summed E-state index contributed by atoms with van der Waals surface area (Å²) in [6.45, 7) is 2.61. The fourth-order valence-corrected chi connectivity index (χ4v) is 1.87. The molecule has 0 aliphatic rings. The summed E-state index contributed by atoms with van der Waals surface area (Å²) in [5.41, 5.74) is 1.13. The van der Waals surface area contributed by atoms with E-state index in [1.165, 1.54) is 11.5 Å². The van der Waals surface area contributed by atoms with Gasteiger partial charge in [0.25, 0.3) is 0 Å². The molecule has 1 aromatic heterocycles. The standard InChI is InChI=1S/C11H10NOS/c1-2-13-10-8-12-14-11(10)9-6-4-3-5-7-9/h3-7H,2H2,1H3. The van der Waals surface area contributed by atoms with E-state index in [0.29, 0.717) is 6.61 Å². The van der Waals surface area contributed by atoms with Crippen LogP contribution in [0.15, 0.2) is 30.3 Å². The van der Waals surface area contributed by atoms with Crippen molar-refractivity contribution in [1.29, 1.82) is 0 Å². The average Bonchev–Trinajstić information content (AvgIpc) is 2.68. The highest BCUT2D eigenvalue weighted by molar-refractivity contribution is 7.09. The van der Waals surface area contributed by atoms with Crippen molar-refractivity contribution in [2.75, 3.05) is 6.61 Å². The summed E-state index contributed by atoms with van der Waals surface area (Å²) < 4.78 is 9.43. The molecule has 1 heterocycles. The first-order chi connectivity index (χ1) is 6.92. The van der Waals surface area contributed by atoms with Gasteiger partial charge in [-0.25, -0.2) is 0 Å². The molecule has 14 heavy (non-hydrogen) atoms. The Morgan fingerprint density at radius 3 is 2.86 bits per heavy atom. The van der Waals surface area contributed by atoms with E-state index in [1.54, 1.807) is 0 Å². The van der Waals surface area contributed by atoms with Gasteiger partial charge in [-0.2, -0.15) is 4.37 Å². The third-order valence-corrected chi connectivity index (χ3v) is 2.60. The lowest BCUT2D eigenvalue weighted by Gasteiger charge is -2.02. The number of benzene rings is 1. The van der Waals surface area contributed by atoms with Crippen molar-refractivity contribution >= 4 is 11.5 Å². The Kier molecular flexibility index (Phi) is 2.79. The molecule has 0 aliphatic carbocycles. The molecule has 0 saturated heterocycles. The van der Waals surface area contributed by atoms with Gasteiger partial charge < -0.3 is 4.74 Å². The fourth-order valence-electron chi connectivity index (χ4n) is 1.22. The van der Waals surface area contributed by atoms with Crippen molar-refractivity contribution in [3.05, 3.63) is 36.5 Å². The zero-order valence-electron chi connectivity index (χ0n) is 7.86. The molecule has 3 heteroatoms. The summed E-state index contributed by atoms with van der Waals surface area (Å²) in [7, 11) is 0. The number of hydrogen-bond donors (Lipinski definition) is 0. The van der Waals surface area contributed by atoms with Gasteiger partial charge in [0.05, 0.1) is 11.5 Å². The van der Waals surface area contributed by atoms with Gasteiger partial charge in [-0.05, 0) is 24.0 Å². The highest BCUT2D eigenvalue weighted by Gasteiger charge is 2.08. The average molecular weight is 204 g/mol. The summed E-state index contributed by atoms with van der Waals surface area (Å²) >= 11 is 1.41. The molecule has 71 valence electrons. The molecule has 0 aliphatic heterocycles. The van der Waals surface area contributed by atoms with E-state index in [1.807, 2.05) is 37.3 Å². The van der Waals surface area contributed by atoms with Crippen molar-refractivity contribution in [2.45, 2.75) is 6.92 Å². The quantitative estimate of drug-likeness (QED) is 0.766. The Morgan fingerprint density at radius 2 is 2.14 bits per heavy atom. The molecule has 0 amide bonds. The van der Waals surface area contributed by atoms with Crippen LogP contribution in [-0.4, -0.2) is 11.0 Å². The molecule has 0 spiro atoms. The van der Waals surface area contributed by atoms with Crippen LogP contribution in [0, 0.1) is 6.20 Å². The first-order valence-corrected chi connectivity index (χ1v) is 5.24. The summed E-state index contributed by atoms with van der Waals surface area (Å²) in [5, 5.41) is 0. The minimum atomic E-state index is 0.648. The van der Waals surface area contributed by atoms with Crippen LogP contribution >= 0.6 is 11.5 Å². The van der Waals surface area contributed by atoms with Crippen molar-refractivity contribution in [1.82, 2.24) is 4.37 Å². The third-order valence-electron chi connectivity index (χ3n) is 1.82. The van der Waals surface area contributed by atoms with Crippen LogP contribution in [0.2, 0.25) is 0 Å². The molecule has 0 fully saturated rings. The van der Waals surface area contributed by atoms with Crippen LogP contribution in [0.4, 0.5) is 0 Å². The molecule has 0 atom stereocenters. The zero-order chi connectivity index (χ0) is 9.80. The van der Waals surface area contributed by atoms with Gasteiger partial charge in [0.2, 0.25) is 0 Å². The predicted octanol–water partition coefficient (Wildman–Crippen LogP) is 3.01. The summed E-state index contributed by atoms with van der Waals surface area (Å²) in [6, 6.07) is 10.1. The maximum atomic E-state index is 5.42. The lowest BCUT2D eigenvalue weighted by Crippen LogP contribution is -1.90. The number of ether oxygens (including phenoxy) is 1. The SMILES string of the molecule is CCOc1[c]nsc1-c1ccccc1. The number of aromatic nitrogens is 1. The van der Waals surface area contributed by atoms with Crippen LogP contribution in [0.3, 0.4) is 0 Å². The second-order valence-electron chi connectivity index (χ2n) is 2.75. The molecule has 2 aromatic rings. The lowest BCUT2D eigenvalue weighted by atomic mass is 10.2. The second-order valence-corrected chi connectivity index (χ2v) is 3.53. The van der Waals surface area contributed by atoms with Gasteiger partial charge >= 0.3 is 0 Å². The number of rotatable bonds is 3. The third kappa shape index (κ3) is 1.77. The Labute approximate surface area is 87.3 Å². The highest BCUT2D eigenvalue weighted by Crippen LogP contribution is 2.32. The summed E-state index contributed by atoms with van der Waals surface area (Å²) in [4.78, 5) is 1.05. The number of nitrogens with zero attached hydrogens (tertiary/aromatic N) is 1. The van der Waals surface area contributed by atoms with Gasteiger partial charge in [-0.15, -0.1) is 0 Å². The second kappa shape index (κ2) is 4.24. The topological polar surface area (TPSA) is 22.1 Å². The first-order valence-electron chi connectivity index (χ1n) is 4.47. The van der Waals surface area contributed by atoms with Crippen molar-refractivity contribution in [3.63, 3.8) is 0 Å². The smallest absolute Gasteiger partial charge is 0.167 e. The maximum Gasteiger partial charge on any atom is 0.167 e. The van der Waals surface area contributed by atoms with Crippen molar-refractivity contribution < 1.29 is 4.74 Å². The fraction of sp³-hybridized carbons (Fsp3) is 0.182. The van der Waals surface area contributed by atoms with Crippen molar-refractivity contribution in [3.8, 4) is 16.2 Å². The van der Waals surface area contributed by atoms with Gasteiger partial charge in [-0.3, -0.25) is 0 Å². The Morgan fingerprint density at radius 1 is 1.36 bits per heavy atom. The Balaban J connectivity index is 2.37. The van der Waals surface area contributed by atoms with Gasteiger partial charge in [0, 0.05) is 0 Å². The van der Waals surface area contributed by atoms with Crippen LogP contribution in [-0.2, 0) is 0 Å². The minimum absolute atomic E-state index is 0.648. The largest absolute Gasteiger partial charge is 0.490 e. The molecule has 0 N–H and O–H groups in total. The van der Waals surface area contributed by atoms with Crippen LogP contribution in [0.5, 0.6) is 5.75 Å². The van der Waals surface area contributed by atoms with Crippen LogP contribution < -0.4 is 4.74 Å². The van der Waals surface area contributed by atoms with E-state index in [2.05, 4.69) is 10.6 Å². The maximum absolute atomic E-state index is 5.42. The Bertz CT molecular complexity index is 397.